The van der Waals surface area contributed by atoms with Gasteiger partial charge in [-0.2, -0.15) is 0 Å². The molecule has 2 aromatic carbocycles. The summed E-state index contributed by atoms with van der Waals surface area (Å²) >= 11 is 0. The van der Waals surface area contributed by atoms with Gasteiger partial charge in [0.2, 0.25) is 17.6 Å². The third-order valence-corrected chi connectivity index (χ3v) is 7.13. The van der Waals surface area contributed by atoms with E-state index in [9.17, 15) is 14.4 Å². The van der Waals surface area contributed by atoms with Crippen LogP contribution in [0.15, 0.2) is 42.5 Å². The van der Waals surface area contributed by atoms with E-state index in [1.807, 2.05) is 63.2 Å². The maximum atomic E-state index is 13.6. The van der Waals surface area contributed by atoms with E-state index in [1.165, 1.54) is 4.90 Å². The third kappa shape index (κ3) is 2.76. The largest absolute Gasteiger partial charge is 0.322 e. The number of Topliss-reactive ketones (excluding diaryl/α,β-unsaturated/α-hetero) is 1. The minimum absolute atomic E-state index is 0.00665. The zero-order valence-electron chi connectivity index (χ0n) is 17.6. The van der Waals surface area contributed by atoms with Crippen LogP contribution in [0, 0.1) is 32.6 Å². The van der Waals surface area contributed by atoms with Crippen LogP contribution in [0.1, 0.15) is 39.9 Å². The Hall–Kier alpha value is -2.79. The third-order valence-electron chi connectivity index (χ3n) is 7.13. The van der Waals surface area contributed by atoms with Crippen LogP contribution in [-0.2, 0) is 9.59 Å². The van der Waals surface area contributed by atoms with E-state index < -0.39 is 17.9 Å². The molecule has 5 heteroatoms. The number of nitrogens with zero attached hydrogens (tertiary/aromatic N) is 1. The van der Waals surface area contributed by atoms with Crippen LogP contribution in [0.3, 0.4) is 0 Å². The highest BCUT2D eigenvalue weighted by Gasteiger charge is 2.68. The number of carbonyl (C=O) groups excluding carboxylic acids is 3. The van der Waals surface area contributed by atoms with Crippen LogP contribution in [0.25, 0.3) is 0 Å². The second-order valence-corrected chi connectivity index (χ2v) is 9.19. The predicted molar refractivity (Wildman–Crippen MR) is 114 cm³/mol. The van der Waals surface area contributed by atoms with Crippen LogP contribution in [0.4, 0.5) is 5.69 Å². The monoisotopic (exact) mass is 403 g/mol. The van der Waals surface area contributed by atoms with Crippen molar-refractivity contribution in [3.63, 3.8) is 0 Å². The predicted octanol–water partition coefficient (Wildman–Crippen LogP) is 2.03. The number of rotatable bonds is 3. The number of nitrogens with one attached hydrogen (secondary N) is 1. The van der Waals surface area contributed by atoms with Crippen molar-refractivity contribution in [1.29, 1.82) is 0 Å². The number of benzene rings is 2. The second kappa shape index (κ2) is 6.88. The van der Waals surface area contributed by atoms with Crippen molar-refractivity contribution in [3.05, 3.63) is 64.7 Å². The Bertz CT molecular complexity index is 1040. The molecule has 0 aromatic heterocycles. The van der Waals surface area contributed by atoms with Crippen molar-refractivity contribution in [2.75, 3.05) is 11.4 Å². The minimum Gasteiger partial charge on any atom is -0.322 e. The van der Waals surface area contributed by atoms with Gasteiger partial charge in [0.15, 0.2) is 6.04 Å². The summed E-state index contributed by atoms with van der Waals surface area (Å²) in [6.45, 7) is 6.77. The van der Waals surface area contributed by atoms with Crippen molar-refractivity contribution < 1.29 is 19.3 Å². The summed E-state index contributed by atoms with van der Waals surface area (Å²) in [5, 5.41) is 0. The summed E-state index contributed by atoms with van der Waals surface area (Å²) in [6, 6.07) is 12.9. The van der Waals surface area contributed by atoms with Crippen LogP contribution in [0.2, 0.25) is 0 Å². The average Bonchev–Trinajstić information content (AvgIpc) is 3.33. The Morgan fingerprint density at radius 3 is 2.20 bits per heavy atom. The highest BCUT2D eigenvalue weighted by Crippen LogP contribution is 2.40. The van der Waals surface area contributed by atoms with Gasteiger partial charge in [-0.05, 0) is 44.0 Å². The number of ketones is 1. The van der Waals surface area contributed by atoms with Crippen LogP contribution >= 0.6 is 0 Å². The lowest BCUT2D eigenvalue weighted by Crippen LogP contribution is -3.16. The van der Waals surface area contributed by atoms with E-state index in [-0.39, 0.29) is 23.6 Å². The lowest BCUT2D eigenvalue weighted by atomic mass is 9.85. The van der Waals surface area contributed by atoms with Gasteiger partial charge < -0.3 is 4.90 Å². The molecule has 2 amide bonds. The van der Waals surface area contributed by atoms with Gasteiger partial charge in [-0.25, -0.2) is 4.90 Å². The molecule has 3 saturated heterocycles. The fraction of sp³-hybridized carbons (Fsp3) is 0.400. The Morgan fingerprint density at radius 2 is 1.53 bits per heavy atom. The van der Waals surface area contributed by atoms with Crippen molar-refractivity contribution in [2.45, 2.75) is 45.7 Å². The number of quaternary nitrogens is 1. The van der Waals surface area contributed by atoms with Crippen LogP contribution in [-0.4, -0.2) is 36.2 Å². The molecule has 3 aliphatic rings. The molecular formula is C25H27N2O3+. The molecule has 0 saturated carbocycles. The van der Waals surface area contributed by atoms with E-state index in [1.54, 1.807) is 0 Å². The van der Waals surface area contributed by atoms with Crippen LogP contribution < -0.4 is 9.80 Å². The molecule has 5 nitrogen and oxygen atoms in total. The molecule has 3 heterocycles. The molecule has 5 rings (SSSR count). The number of hydrogen-bond acceptors (Lipinski definition) is 3. The zero-order chi connectivity index (χ0) is 21.2. The summed E-state index contributed by atoms with van der Waals surface area (Å²) in [7, 11) is 0. The first kappa shape index (κ1) is 19.2. The molecule has 30 heavy (non-hydrogen) atoms. The first-order valence-corrected chi connectivity index (χ1v) is 10.8. The summed E-state index contributed by atoms with van der Waals surface area (Å²) in [5.74, 6) is -1.29. The summed E-state index contributed by atoms with van der Waals surface area (Å²) in [6.07, 6.45) is 1.89. The van der Waals surface area contributed by atoms with Gasteiger partial charge in [0, 0.05) is 18.4 Å². The van der Waals surface area contributed by atoms with Gasteiger partial charge in [0.25, 0.3) is 0 Å². The molecule has 0 aliphatic carbocycles. The molecular weight excluding hydrogens is 376 g/mol. The van der Waals surface area contributed by atoms with Gasteiger partial charge in [-0.1, -0.05) is 35.9 Å². The fourth-order valence-electron chi connectivity index (χ4n) is 5.97. The van der Waals surface area contributed by atoms with Crippen molar-refractivity contribution in [2.24, 2.45) is 11.8 Å². The molecule has 0 spiro atoms. The van der Waals surface area contributed by atoms with Gasteiger partial charge in [-0.3, -0.25) is 14.4 Å². The molecule has 3 fully saturated rings. The highest BCUT2D eigenvalue weighted by atomic mass is 16.2. The summed E-state index contributed by atoms with van der Waals surface area (Å²) in [5.41, 5.74) is 4.40. The van der Waals surface area contributed by atoms with Crippen LogP contribution in [0.5, 0.6) is 0 Å². The SMILES string of the molecule is Cc1ccc(C(=O)[C@H]2[C@@H]3C(=O)N(c4cc(C)cc(C)c4)C(=O)[C@@H]3[C@H]3CCC[NH+]32)cc1. The number of amides is 2. The van der Waals surface area contributed by atoms with Crippen molar-refractivity contribution in [1.82, 2.24) is 0 Å². The molecule has 0 radical (unpaired) electrons. The lowest BCUT2D eigenvalue weighted by Gasteiger charge is -2.25. The van der Waals surface area contributed by atoms with Crippen molar-refractivity contribution in [3.8, 4) is 0 Å². The summed E-state index contributed by atoms with van der Waals surface area (Å²) < 4.78 is 0. The number of anilines is 1. The molecule has 3 aliphatic heterocycles. The van der Waals surface area contributed by atoms with Gasteiger partial charge >= 0.3 is 0 Å². The number of carbonyl (C=O) groups is 3. The Morgan fingerprint density at radius 1 is 0.900 bits per heavy atom. The molecule has 5 atom stereocenters. The van der Waals surface area contributed by atoms with E-state index in [0.29, 0.717) is 11.3 Å². The van der Waals surface area contributed by atoms with Crippen molar-refractivity contribution >= 4 is 23.3 Å². The zero-order valence-corrected chi connectivity index (χ0v) is 17.6. The van der Waals surface area contributed by atoms with E-state index in [2.05, 4.69) is 0 Å². The lowest BCUT2D eigenvalue weighted by molar-refractivity contribution is -0.915. The minimum atomic E-state index is -0.563. The van der Waals surface area contributed by atoms with Gasteiger partial charge in [0.1, 0.15) is 17.9 Å². The fourth-order valence-corrected chi connectivity index (χ4v) is 5.97. The second-order valence-electron chi connectivity index (χ2n) is 9.19. The number of imide groups is 1. The first-order valence-electron chi connectivity index (χ1n) is 10.8. The first-order chi connectivity index (χ1) is 14.4. The number of fused-ring (bicyclic) bond motifs is 3. The summed E-state index contributed by atoms with van der Waals surface area (Å²) in [4.78, 5) is 43.1. The maximum absolute atomic E-state index is 13.6. The van der Waals surface area contributed by atoms with E-state index >= 15 is 0 Å². The standard InChI is InChI=1S/C25H26N2O3/c1-14-6-8-17(9-7-14)23(28)22-21-20(19-5-4-10-26(19)22)24(29)27(25(21)30)18-12-15(2)11-16(3)13-18/h6-9,11-13,19-22H,4-5,10H2,1-3H3/p+1/t19-,20-,21-,22-/m1/s1. The smallest absolute Gasteiger partial charge is 0.244 e. The molecule has 1 N–H and O–H groups in total. The number of hydrogen-bond donors (Lipinski definition) is 1. The Balaban J connectivity index is 1.56. The molecule has 0 bridgehead atoms. The molecule has 1 unspecified atom stereocenters. The normalized spacial score (nSPS) is 30.0. The Labute approximate surface area is 176 Å². The van der Waals surface area contributed by atoms with Gasteiger partial charge in [-0.15, -0.1) is 0 Å². The maximum Gasteiger partial charge on any atom is 0.244 e. The topological polar surface area (TPSA) is 58.9 Å². The van der Waals surface area contributed by atoms with Gasteiger partial charge in [0.05, 0.1) is 12.2 Å². The average molecular weight is 404 g/mol. The molecule has 2 aromatic rings. The number of aryl methyl sites for hydroxylation is 3. The highest BCUT2D eigenvalue weighted by molar-refractivity contribution is 6.24. The quantitative estimate of drug-likeness (QED) is 0.630. The van der Waals surface area contributed by atoms with E-state index in [4.69, 9.17) is 0 Å². The van der Waals surface area contributed by atoms with E-state index in [0.717, 1.165) is 41.0 Å². The molecule has 154 valence electrons. The Kier molecular flexibility index (Phi) is 4.40.